The number of phenolic OH excluding ortho intramolecular Hbond substituents is 1. The van der Waals surface area contributed by atoms with E-state index in [4.69, 9.17) is 19.2 Å². The third-order valence-electron chi connectivity index (χ3n) is 16.9. The number of ether oxygens (including phenoxy) is 3. The van der Waals surface area contributed by atoms with Gasteiger partial charge in [0.15, 0.2) is 10.9 Å². The fraction of sp³-hybridized carbons (Fsp3) is 0.525. The molecule has 1 aliphatic carbocycles. The van der Waals surface area contributed by atoms with E-state index in [1.807, 2.05) is 63.4 Å². The number of nitrogens with zero attached hydrogens (tertiary/aromatic N) is 7. The fourth-order valence-corrected chi connectivity index (χ4v) is 12.1. The molecule has 76 heavy (non-hydrogen) atoms. The third-order valence-corrected chi connectivity index (χ3v) is 16.9. The number of hydrazine groups is 2. The van der Waals surface area contributed by atoms with Crippen molar-refractivity contribution in [2.75, 3.05) is 72.0 Å². The number of fused-ring (bicyclic) bond motifs is 8. The van der Waals surface area contributed by atoms with E-state index in [9.17, 15) is 19.6 Å². The Balaban J connectivity index is 1.06. The monoisotopic (exact) mass is 1040 g/mol. The van der Waals surface area contributed by atoms with Gasteiger partial charge in [0.1, 0.15) is 23.8 Å². The lowest BCUT2D eigenvalue weighted by Gasteiger charge is -2.36. The summed E-state index contributed by atoms with van der Waals surface area (Å²) >= 11 is 0. The number of amides is 2. The van der Waals surface area contributed by atoms with Crippen molar-refractivity contribution in [3.05, 3.63) is 106 Å². The zero-order valence-corrected chi connectivity index (χ0v) is 45.6. The van der Waals surface area contributed by atoms with Crippen molar-refractivity contribution < 1.29 is 38.6 Å². The van der Waals surface area contributed by atoms with Gasteiger partial charge in [-0.3, -0.25) is 24.4 Å². The Bertz CT molecular complexity index is 2990. The summed E-state index contributed by atoms with van der Waals surface area (Å²) in [7, 11) is 5.46. The predicted molar refractivity (Wildman–Crippen MR) is 291 cm³/mol. The number of hydrogen-bond acceptors (Lipinski definition) is 12. The molecule has 6 heterocycles. The summed E-state index contributed by atoms with van der Waals surface area (Å²) in [5.41, 5.74) is 11.9. The van der Waals surface area contributed by atoms with E-state index in [1.165, 1.54) is 10.0 Å². The van der Waals surface area contributed by atoms with Gasteiger partial charge in [-0.2, -0.15) is 0 Å². The molecular formula is C59H76N9O8+. The molecule has 2 amide bonds. The number of piperazine rings is 1. The molecule has 5 aromatic rings. The topological polar surface area (TPSA) is 174 Å². The highest BCUT2D eigenvalue weighted by atomic mass is 16.6. The van der Waals surface area contributed by atoms with Gasteiger partial charge >= 0.3 is 12.2 Å². The minimum atomic E-state index is -1.16. The predicted octanol–water partition coefficient (Wildman–Crippen LogP) is 7.24. The highest BCUT2D eigenvalue weighted by Crippen LogP contribution is 2.46. The maximum atomic E-state index is 15.1. The van der Waals surface area contributed by atoms with Crippen LogP contribution in [0.3, 0.4) is 0 Å². The van der Waals surface area contributed by atoms with Crippen molar-refractivity contribution in [1.29, 1.82) is 0 Å². The van der Waals surface area contributed by atoms with Gasteiger partial charge < -0.3 is 39.0 Å². The quantitative estimate of drug-likeness (QED) is 0.0613. The summed E-state index contributed by atoms with van der Waals surface area (Å²) in [6, 6.07) is 20.8. The Morgan fingerprint density at radius 1 is 1.03 bits per heavy atom. The number of nitrogens with one attached hydrogen (secondary N) is 2. The number of esters is 1. The summed E-state index contributed by atoms with van der Waals surface area (Å²) in [5.74, 6) is -1.82. The number of pyridine rings is 1. The van der Waals surface area contributed by atoms with Crippen molar-refractivity contribution in [2.24, 2.45) is 23.2 Å². The lowest BCUT2D eigenvalue weighted by Crippen LogP contribution is -2.63. The fourth-order valence-electron chi connectivity index (χ4n) is 12.1. The van der Waals surface area contributed by atoms with Gasteiger partial charge in [0.25, 0.3) is 5.91 Å². The number of carbonyl (C=O) groups is 3. The average molecular weight is 1040 g/mol. The van der Waals surface area contributed by atoms with Gasteiger partial charge in [-0.25, -0.2) is 5.43 Å². The molecule has 5 aliphatic rings. The average Bonchev–Trinajstić information content (AvgIpc) is 4.19. The summed E-state index contributed by atoms with van der Waals surface area (Å²) in [4.78, 5) is 69.3. The molecule has 1 unspecified atom stereocenters. The SMILES string of the molecule is CC[C@H](C)[C@@H](C(=O)N[C@H]1Cc2cc(O)cc(c2)-c2ccc3c(c2)c(c(-c2cc(N4CCN(C)CC4)cnc2[C@H](C)OC)n3CC)CC(C)(C)COC(=O)[C@H]2NN(CC3C[C@@H]32)C1=O)N(C)[N+](=O)[C@@H]1OC[C@@H]1c1ccccc1. The molecule has 10 rings (SSSR count). The number of cyclic esters (lactones) is 1. The molecule has 9 atom stereocenters. The second-order valence-corrected chi connectivity index (χ2v) is 22.9. The van der Waals surface area contributed by atoms with E-state index in [2.05, 4.69) is 77.2 Å². The first kappa shape index (κ1) is 53.0. The van der Waals surface area contributed by atoms with Gasteiger partial charge in [-0.1, -0.05) is 76.6 Å². The molecule has 0 spiro atoms. The van der Waals surface area contributed by atoms with Crippen molar-refractivity contribution in [3.8, 4) is 28.1 Å². The van der Waals surface area contributed by atoms with Crippen molar-refractivity contribution in [1.82, 2.24) is 35.2 Å². The molecule has 0 radical (unpaired) electrons. The largest absolute Gasteiger partial charge is 0.508 e. The second kappa shape index (κ2) is 21.6. The standard InChI is InChI=1S/C59H75N9O8/c1-10-35(3)53(64(8)68(73)57-48(33-75-57)38-15-13-12-14-16-38)55(70)61-49-25-37-23-40(26-43(69)24-37)39-17-18-50-45(27-39)47(30-59(5,6)34-76-58(72)52-44-28-41(44)32-67(62-52)56(49)71)54(66(50)11-2)46-29-42(31-60-51(46)36(4)74-9)65-21-19-63(7)20-22-65/h12-18,23-24,26-27,29,31,35-36,41,44,48-49,52-53,57,62H,10-11,19-22,25,28,30,32-34H2,1-9H3,(H-,61,69,70)/p+1/t35-,36-,41?,44-,48+,49-,52-,53-,57+/m0/s1. The summed E-state index contributed by atoms with van der Waals surface area (Å²) in [6.45, 7) is 17.4. The summed E-state index contributed by atoms with van der Waals surface area (Å²) in [5, 5.41) is 18.5. The van der Waals surface area contributed by atoms with Crippen LogP contribution >= 0.6 is 0 Å². The van der Waals surface area contributed by atoms with Crippen molar-refractivity contribution in [2.45, 2.75) is 110 Å². The molecule has 4 aliphatic heterocycles. The Morgan fingerprint density at radius 3 is 2.49 bits per heavy atom. The van der Waals surface area contributed by atoms with Crippen LogP contribution in [0.15, 0.2) is 79.0 Å². The minimum absolute atomic E-state index is 0.00234. The number of aromatic nitrogens is 2. The Labute approximate surface area is 446 Å². The number of likely N-dealkylation sites (N-methyl/N-ethyl adjacent to an activating group) is 2. The third kappa shape index (κ3) is 10.4. The zero-order chi connectivity index (χ0) is 53.7. The van der Waals surface area contributed by atoms with Gasteiger partial charge in [0.05, 0.1) is 54.5 Å². The lowest BCUT2D eigenvalue weighted by molar-refractivity contribution is -0.781. The van der Waals surface area contributed by atoms with Gasteiger partial charge in [-0.15, -0.1) is 5.01 Å². The van der Waals surface area contributed by atoms with Crippen LogP contribution in [0.4, 0.5) is 5.69 Å². The number of aryl methyl sites for hydroxylation is 1. The van der Waals surface area contributed by atoms with Crippen LogP contribution < -0.4 is 15.6 Å². The molecule has 1 saturated carbocycles. The second-order valence-electron chi connectivity index (χ2n) is 22.9. The van der Waals surface area contributed by atoms with Crippen molar-refractivity contribution in [3.63, 3.8) is 0 Å². The maximum Gasteiger partial charge on any atom is 0.346 e. The smallest absolute Gasteiger partial charge is 0.346 e. The number of anilines is 1. The molecule has 404 valence electrons. The number of rotatable bonds is 13. The van der Waals surface area contributed by atoms with E-state index >= 15 is 4.79 Å². The molecule has 17 nitrogen and oxygen atoms in total. The summed E-state index contributed by atoms with van der Waals surface area (Å²) in [6.07, 6.45) is 2.68. The highest BCUT2D eigenvalue weighted by molar-refractivity contribution is 5.96. The minimum Gasteiger partial charge on any atom is -0.508 e. The first-order valence-electron chi connectivity index (χ1n) is 27.3. The number of methoxy groups -OCH3 is 1. The van der Waals surface area contributed by atoms with E-state index in [0.29, 0.717) is 38.1 Å². The normalized spacial score (nSPS) is 24.9. The van der Waals surface area contributed by atoms with Crippen molar-refractivity contribution >= 4 is 34.4 Å². The lowest BCUT2D eigenvalue weighted by atomic mass is 9.84. The van der Waals surface area contributed by atoms with Crippen LogP contribution in [0, 0.1) is 28.1 Å². The van der Waals surface area contributed by atoms with E-state index < -0.39 is 47.6 Å². The molecule has 2 aromatic heterocycles. The van der Waals surface area contributed by atoms with E-state index in [1.54, 1.807) is 26.3 Å². The highest BCUT2D eigenvalue weighted by Gasteiger charge is 2.54. The molecular weight excluding hydrogens is 963 g/mol. The van der Waals surface area contributed by atoms with E-state index in [-0.39, 0.29) is 48.6 Å². The number of benzene rings is 3. The van der Waals surface area contributed by atoms with Crippen LogP contribution in [0.1, 0.15) is 88.8 Å². The van der Waals surface area contributed by atoms with Gasteiger partial charge in [-0.05, 0) is 110 Å². The molecule has 3 saturated heterocycles. The Kier molecular flexibility index (Phi) is 15.0. The first-order chi connectivity index (χ1) is 36.5. The Hall–Kier alpha value is -6.40. The van der Waals surface area contributed by atoms with Crippen LogP contribution in [-0.2, 0) is 48.0 Å². The van der Waals surface area contributed by atoms with Crippen LogP contribution in [0.25, 0.3) is 33.3 Å². The number of hydrogen-bond donors (Lipinski definition) is 3. The molecule has 3 N–H and O–H groups in total. The molecule has 3 aromatic carbocycles. The van der Waals surface area contributed by atoms with Crippen LogP contribution in [0.2, 0.25) is 0 Å². The molecule has 6 bridgehead atoms. The van der Waals surface area contributed by atoms with Gasteiger partial charge in [0.2, 0.25) is 5.91 Å². The Morgan fingerprint density at radius 2 is 1.79 bits per heavy atom. The van der Waals surface area contributed by atoms with Crippen LogP contribution in [-0.4, -0.2) is 144 Å². The van der Waals surface area contributed by atoms with Crippen LogP contribution in [0.5, 0.6) is 5.75 Å². The van der Waals surface area contributed by atoms with Gasteiger partial charge in [0, 0.05) is 74.7 Å². The molecule has 17 heteroatoms. The first-order valence-corrected chi connectivity index (χ1v) is 27.3. The maximum absolute atomic E-state index is 15.1. The number of phenols is 1. The molecule has 4 fully saturated rings. The number of nitroso groups, excluding NO2 is 1. The number of aromatic hydroxyl groups is 1. The van der Waals surface area contributed by atoms with E-state index in [0.717, 1.165) is 93.3 Å². The summed E-state index contributed by atoms with van der Waals surface area (Å²) < 4.78 is 20.5. The number of carbonyl (C=O) groups excluding carboxylic acids is 3. The zero-order valence-electron chi connectivity index (χ0n) is 45.6.